The van der Waals surface area contributed by atoms with Crippen LogP contribution in [0.5, 0.6) is 0 Å². The zero-order valence-electron chi connectivity index (χ0n) is 14.5. The molecule has 0 spiro atoms. The highest BCUT2D eigenvalue weighted by Crippen LogP contribution is 2.32. The van der Waals surface area contributed by atoms with Crippen molar-refractivity contribution in [1.82, 2.24) is 15.1 Å². The van der Waals surface area contributed by atoms with Crippen molar-refractivity contribution in [3.8, 4) is 0 Å². The van der Waals surface area contributed by atoms with E-state index >= 15 is 0 Å². The van der Waals surface area contributed by atoms with E-state index in [1.165, 1.54) is 25.0 Å². The van der Waals surface area contributed by atoms with Gasteiger partial charge in [-0.1, -0.05) is 12.1 Å². The van der Waals surface area contributed by atoms with Crippen molar-refractivity contribution in [1.29, 1.82) is 0 Å². The molecule has 136 valence electrons. The summed E-state index contributed by atoms with van der Waals surface area (Å²) in [6, 6.07) is 7.06. The van der Waals surface area contributed by atoms with Crippen LogP contribution in [0, 0.1) is 5.82 Å². The molecule has 2 amide bonds. The lowest BCUT2D eigenvalue weighted by Crippen LogP contribution is -2.51. The summed E-state index contributed by atoms with van der Waals surface area (Å²) < 4.78 is 19.1. The summed E-state index contributed by atoms with van der Waals surface area (Å²) >= 11 is 0. The lowest BCUT2D eigenvalue weighted by atomic mass is 10.0. The Morgan fingerprint density at radius 2 is 2.00 bits per heavy atom. The number of benzene rings is 1. The van der Waals surface area contributed by atoms with Gasteiger partial charge in [0.2, 0.25) is 0 Å². The molecule has 6 heteroatoms. The summed E-state index contributed by atoms with van der Waals surface area (Å²) in [6.07, 6.45) is 4.45. The van der Waals surface area contributed by atoms with E-state index in [0.29, 0.717) is 12.6 Å². The average Bonchev–Trinajstić information content (AvgIpc) is 3.29. The van der Waals surface area contributed by atoms with Gasteiger partial charge in [0, 0.05) is 25.7 Å². The van der Waals surface area contributed by atoms with Gasteiger partial charge in [0.1, 0.15) is 5.82 Å². The Kier molecular flexibility index (Phi) is 4.90. The van der Waals surface area contributed by atoms with E-state index < -0.39 is 0 Å². The Morgan fingerprint density at radius 3 is 2.84 bits per heavy atom. The fourth-order valence-corrected chi connectivity index (χ4v) is 4.35. The molecule has 3 atom stereocenters. The van der Waals surface area contributed by atoms with E-state index in [4.69, 9.17) is 4.74 Å². The van der Waals surface area contributed by atoms with Crippen LogP contribution in [0.3, 0.4) is 0 Å². The van der Waals surface area contributed by atoms with E-state index in [-0.39, 0.29) is 24.0 Å². The molecule has 0 radical (unpaired) electrons. The topological polar surface area (TPSA) is 44.8 Å². The number of hydrogen-bond donors (Lipinski definition) is 1. The van der Waals surface area contributed by atoms with Crippen molar-refractivity contribution in [2.75, 3.05) is 32.8 Å². The maximum absolute atomic E-state index is 13.1. The van der Waals surface area contributed by atoms with Gasteiger partial charge in [0.25, 0.3) is 0 Å². The predicted octanol–water partition coefficient (Wildman–Crippen LogP) is 2.54. The number of rotatable bonds is 3. The molecule has 3 fully saturated rings. The van der Waals surface area contributed by atoms with Gasteiger partial charge < -0.3 is 15.0 Å². The lowest BCUT2D eigenvalue weighted by Gasteiger charge is -2.35. The summed E-state index contributed by atoms with van der Waals surface area (Å²) in [5.41, 5.74) is 1.00. The van der Waals surface area contributed by atoms with Crippen LogP contribution >= 0.6 is 0 Å². The molecule has 0 aliphatic carbocycles. The first-order valence-electron chi connectivity index (χ1n) is 9.36. The number of morpholine rings is 1. The maximum atomic E-state index is 13.1. The standard InChI is InChI=1S/C19H26FN3O2/c20-15-7-5-14(6-8-15)18-4-2-10-23(18)19(24)21-11-17-12-22-9-1-3-16(22)13-25-17/h5-8,16-18H,1-4,9-13H2,(H,21,24)/t16-,17-,18-/m1/s1. The van der Waals surface area contributed by atoms with Gasteiger partial charge in [0.05, 0.1) is 18.8 Å². The smallest absolute Gasteiger partial charge is 0.318 e. The third kappa shape index (κ3) is 3.65. The summed E-state index contributed by atoms with van der Waals surface area (Å²) in [6.45, 7) is 4.13. The highest BCUT2D eigenvalue weighted by atomic mass is 19.1. The monoisotopic (exact) mass is 347 g/mol. The van der Waals surface area contributed by atoms with Crippen LogP contribution in [0.25, 0.3) is 0 Å². The molecular formula is C19H26FN3O2. The number of nitrogens with zero attached hydrogens (tertiary/aromatic N) is 2. The molecule has 3 heterocycles. The van der Waals surface area contributed by atoms with Crippen molar-refractivity contribution in [3.05, 3.63) is 35.6 Å². The number of halogens is 1. The fraction of sp³-hybridized carbons (Fsp3) is 0.632. The molecule has 0 saturated carbocycles. The Hall–Kier alpha value is -1.66. The Labute approximate surface area is 148 Å². The number of ether oxygens (including phenoxy) is 1. The molecule has 1 aromatic rings. The zero-order valence-corrected chi connectivity index (χ0v) is 14.5. The number of likely N-dealkylation sites (tertiary alicyclic amines) is 1. The number of hydrogen-bond acceptors (Lipinski definition) is 3. The van der Waals surface area contributed by atoms with Crippen LogP contribution in [-0.4, -0.2) is 60.8 Å². The highest BCUT2D eigenvalue weighted by molar-refractivity contribution is 5.75. The van der Waals surface area contributed by atoms with Gasteiger partial charge in [-0.05, 0) is 49.9 Å². The van der Waals surface area contributed by atoms with Crippen molar-refractivity contribution in [2.24, 2.45) is 0 Å². The van der Waals surface area contributed by atoms with Gasteiger partial charge in [-0.2, -0.15) is 0 Å². The van der Waals surface area contributed by atoms with Gasteiger partial charge >= 0.3 is 6.03 Å². The molecule has 1 aromatic carbocycles. The third-order valence-electron chi connectivity index (χ3n) is 5.71. The predicted molar refractivity (Wildman–Crippen MR) is 92.8 cm³/mol. The highest BCUT2D eigenvalue weighted by Gasteiger charge is 2.34. The van der Waals surface area contributed by atoms with Gasteiger partial charge in [-0.3, -0.25) is 4.90 Å². The first kappa shape index (κ1) is 16.8. The summed E-state index contributed by atoms with van der Waals surface area (Å²) in [5.74, 6) is -0.243. The van der Waals surface area contributed by atoms with E-state index in [1.54, 1.807) is 12.1 Å². The van der Waals surface area contributed by atoms with Crippen LogP contribution in [-0.2, 0) is 4.74 Å². The maximum Gasteiger partial charge on any atom is 0.318 e. The quantitative estimate of drug-likeness (QED) is 0.914. The summed E-state index contributed by atoms with van der Waals surface area (Å²) in [5, 5.41) is 3.05. The van der Waals surface area contributed by atoms with Gasteiger partial charge in [-0.15, -0.1) is 0 Å². The largest absolute Gasteiger partial charge is 0.373 e. The molecule has 3 saturated heterocycles. The van der Waals surface area contributed by atoms with E-state index in [9.17, 15) is 9.18 Å². The summed E-state index contributed by atoms with van der Waals surface area (Å²) in [7, 11) is 0. The van der Waals surface area contributed by atoms with Crippen molar-refractivity contribution >= 4 is 6.03 Å². The first-order valence-corrected chi connectivity index (χ1v) is 9.36. The van der Waals surface area contributed by atoms with Gasteiger partial charge in [-0.25, -0.2) is 9.18 Å². The van der Waals surface area contributed by atoms with Crippen LogP contribution in [0.1, 0.15) is 37.3 Å². The molecule has 1 N–H and O–H groups in total. The lowest BCUT2D eigenvalue weighted by molar-refractivity contribution is -0.0461. The van der Waals surface area contributed by atoms with E-state index in [0.717, 1.165) is 44.6 Å². The molecule has 0 bridgehead atoms. The van der Waals surface area contributed by atoms with Gasteiger partial charge in [0.15, 0.2) is 0 Å². The number of nitrogens with one attached hydrogen (secondary N) is 1. The van der Waals surface area contributed by atoms with Crippen LogP contribution < -0.4 is 5.32 Å². The molecule has 3 aliphatic heterocycles. The molecule has 25 heavy (non-hydrogen) atoms. The normalized spacial score (nSPS) is 29.6. The number of carbonyl (C=O) groups excluding carboxylic acids is 1. The second kappa shape index (κ2) is 7.30. The Morgan fingerprint density at radius 1 is 1.20 bits per heavy atom. The van der Waals surface area contributed by atoms with E-state index in [2.05, 4.69) is 10.2 Å². The number of fused-ring (bicyclic) bond motifs is 1. The number of urea groups is 1. The summed E-state index contributed by atoms with van der Waals surface area (Å²) in [4.78, 5) is 17.0. The van der Waals surface area contributed by atoms with Crippen molar-refractivity contribution < 1.29 is 13.9 Å². The minimum absolute atomic E-state index is 0.0378. The van der Waals surface area contributed by atoms with Crippen molar-refractivity contribution in [2.45, 2.75) is 43.9 Å². The van der Waals surface area contributed by atoms with Crippen LogP contribution in [0.2, 0.25) is 0 Å². The SMILES string of the molecule is O=C(NC[C@@H]1CN2CCC[C@@H]2CO1)N1CCC[C@@H]1c1ccc(F)cc1. The van der Waals surface area contributed by atoms with Crippen molar-refractivity contribution in [3.63, 3.8) is 0 Å². The second-order valence-electron chi connectivity index (χ2n) is 7.34. The fourth-order valence-electron chi connectivity index (χ4n) is 4.35. The molecule has 3 aliphatic rings. The van der Waals surface area contributed by atoms with Crippen LogP contribution in [0.15, 0.2) is 24.3 Å². The second-order valence-corrected chi connectivity index (χ2v) is 7.34. The van der Waals surface area contributed by atoms with E-state index in [1.807, 2.05) is 4.90 Å². The minimum Gasteiger partial charge on any atom is -0.373 e. The molecule has 5 nitrogen and oxygen atoms in total. The zero-order chi connectivity index (χ0) is 17.2. The third-order valence-corrected chi connectivity index (χ3v) is 5.71. The Bertz CT molecular complexity index is 609. The molecular weight excluding hydrogens is 321 g/mol. The number of amides is 2. The average molecular weight is 347 g/mol. The van der Waals surface area contributed by atoms with Crippen LogP contribution in [0.4, 0.5) is 9.18 Å². The Balaban J connectivity index is 1.32. The minimum atomic E-state index is -0.243. The molecule has 0 aromatic heterocycles. The first-order chi connectivity index (χ1) is 12.2. The molecule has 4 rings (SSSR count). The molecule has 0 unspecified atom stereocenters. The number of carbonyl (C=O) groups is 1.